The Kier molecular flexibility index (Phi) is 5.64. The van der Waals surface area contributed by atoms with Crippen LogP contribution in [0.3, 0.4) is 0 Å². The minimum atomic E-state index is 0.278. The van der Waals surface area contributed by atoms with Crippen molar-refractivity contribution in [3.05, 3.63) is 0 Å². The van der Waals surface area contributed by atoms with Crippen LogP contribution in [0.2, 0.25) is 0 Å². The molecule has 19 heavy (non-hydrogen) atoms. The number of amides is 1. The topological polar surface area (TPSA) is 35.6 Å². The summed E-state index contributed by atoms with van der Waals surface area (Å²) < 4.78 is 0. The second-order valence-corrected chi connectivity index (χ2v) is 6.07. The lowest BCUT2D eigenvalue weighted by Crippen LogP contribution is -2.43. The number of carbonyl (C=O) groups is 1. The van der Waals surface area contributed by atoms with E-state index in [4.69, 9.17) is 0 Å². The van der Waals surface area contributed by atoms with Gasteiger partial charge in [0.15, 0.2) is 0 Å². The third kappa shape index (κ3) is 4.18. The molecule has 1 N–H and O–H groups in total. The van der Waals surface area contributed by atoms with Gasteiger partial charge in [0.25, 0.3) is 0 Å². The number of rotatable bonds is 5. The summed E-state index contributed by atoms with van der Waals surface area (Å²) in [5.41, 5.74) is 0. The van der Waals surface area contributed by atoms with Gasteiger partial charge in [0.2, 0.25) is 5.91 Å². The maximum Gasteiger partial charge on any atom is 0.236 e. The van der Waals surface area contributed by atoms with Gasteiger partial charge in [-0.05, 0) is 45.7 Å². The van der Waals surface area contributed by atoms with Crippen LogP contribution in [0.1, 0.15) is 46.0 Å². The number of nitrogens with one attached hydrogen (secondary N) is 1. The fourth-order valence-electron chi connectivity index (χ4n) is 3.07. The maximum absolute atomic E-state index is 12.1. The molecule has 0 spiro atoms. The Bertz CT molecular complexity index is 289. The van der Waals surface area contributed by atoms with Crippen LogP contribution in [0.4, 0.5) is 0 Å². The summed E-state index contributed by atoms with van der Waals surface area (Å²) in [4.78, 5) is 16.8. The van der Waals surface area contributed by atoms with E-state index in [9.17, 15) is 4.79 Å². The minimum absolute atomic E-state index is 0.278. The lowest BCUT2D eigenvalue weighted by molar-refractivity contribution is -0.129. The zero-order valence-electron chi connectivity index (χ0n) is 12.5. The van der Waals surface area contributed by atoms with E-state index < -0.39 is 0 Å². The molecule has 0 saturated carbocycles. The van der Waals surface area contributed by atoms with Gasteiger partial charge in [0.1, 0.15) is 0 Å². The Hall–Kier alpha value is -0.610. The monoisotopic (exact) mass is 267 g/mol. The van der Waals surface area contributed by atoms with E-state index in [1.165, 1.54) is 32.4 Å². The molecule has 2 aliphatic heterocycles. The molecule has 0 aliphatic carbocycles. The SMILES string of the molecule is CCC(C)NCC(=O)N1CCC(N2CCCCC2)C1. The van der Waals surface area contributed by atoms with E-state index in [1.807, 2.05) is 0 Å². The van der Waals surface area contributed by atoms with Crippen molar-refractivity contribution >= 4 is 5.91 Å². The third-order valence-electron chi connectivity index (χ3n) is 4.64. The number of hydrogen-bond donors (Lipinski definition) is 1. The minimum Gasteiger partial charge on any atom is -0.340 e. The largest absolute Gasteiger partial charge is 0.340 e. The van der Waals surface area contributed by atoms with E-state index in [2.05, 4.69) is 29.0 Å². The average Bonchev–Trinajstić information content (AvgIpc) is 2.95. The summed E-state index contributed by atoms with van der Waals surface area (Å²) in [6.45, 7) is 9.14. The van der Waals surface area contributed by atoms with Crippen molar-refractivity contribution in [3.8, 4) is 0 Å². The second kappa shape index (κ2) is 7.25. The molecule has 0 bridgehead atoms. The van der Waals surface area contributed by atoms with Gasteiger partial charge in [0.05, 0.1) is 6.54 Å². The second-order valence-electron chi connectivity index (χ2n) is 6.07. The van der Waals surface area contributed by atoms with E-state index in [0.29, 0.717) is 18.6 Å². The van der Waals surface area contributed by atoms with Gasteiger partial charge in [-0.3, -0.25) is 9.69 Å². The first-order chi connectivity index (χ1) is 9.20. The molecule has 0 aromatic rings. The first-order valence-corrected chi connectivity index (χ1v) is 7.96. The highest BCUT2D eigenvalue weighted by Crippen LogP contribution is 2.20. The Morgan fingerprint density at radius 1 is 1.26 bits per heavy atom. The molecular weight excluding hydrogens is 238 g/mol. The normalized spacial score (nSPS) is 26.6. The molecule has 2 heterocycles. The van der Waals surface area contributed by atoms with Crippen molar-refractivity contribution in [2.45, 2.75) is 58.0 Å². The Labute approximate surface area is 117 Å². The summed E-state index contributed by atoms with van der Waals surface area (Å²) in [5.74, 6) is 0.278. The standard InChI is InChI=1S/C15H29N3O/c1-3-13(2)16-11-15(19)18-10-7-14(12-18)17-8-5-4-6-9-17/h13-14,16H,3-12H2,1-2H3. The van der Waals surface area contributed by atoms with E-state index in [0.717, 1.165) is 25.9 Å². The fourth-order valence-corrected chi connectivity index (χ4v) is 3.07. The van der Waals surface area contributed by atoms with E-state index >= 15 is 0 Å². The van der Waals surface area contributed by atoms with Crippen LogP contribution in [-0.2, 0) is 4.79 Å². The van der Waals surface area contributed by atoms with Crippen molar-refractivity contribution < 1.29 is 4.79 Å². The number of carbonyl (C=O) groups excluding carboxylic acids is 1. The molecule has 2 rings (SSSR count). The molecule has 2 unspecified atom stereocenters. The quantitative estimate of drug-likeness (QED) is 0.819. The molecule has 2 aliphatic rings. The Morgan fingerprint density at radius 2 is 2.00 bits per heavy atom. The average molecular weight is 267 g/mol. The van der Waals surface area contributed by atoms with Crippen LogP contribution >= 0.6 is 0 Å². The van der Waals surface area contributed by atoms with E-state index in [-0.39, 0.29) is 5.91 Å². The fraction of sp³-hybridized carbons (Fsp3) is 0.933. The zero-order chi connectivity index (χ0) is 13.7. The van der Waals surface area contributed by atoms with Gasteiger partial charge in [-0.25, -0.2) is 0 Å². The van der Waals surface area contributed by atoms with Crippen molar-refractivity contribution in [1.82, 2.24) is 15.1 Å². The van der Waals surface area contributed by atoms with Gasteiger partial charge >= 0.3 is 0 Å². The zero-order valence-corrected chi connectivity index (χ0v) is 12.5. The van der Waals surface area contributed by atoms with Crippen LogP contribution in [0, 0.1) is 0 Å². The summed E-state index contributed by atoms with van der Waals surface area (Å²) >= 11 is 0. The van der Waals surface area contributed by atoms with E-state index in [1.54, 1.807) is 0 Å². The van der Waals surface area contributed by atoms with Crippen molar-refractivity contribution in [2.24, 2.45) is 0 Å². The molecule has 4 nitrogen and oxygen atoms in total. The Morgan fingerprint density at radius 3 is 2.68 bits per heavy atom. The molecule has 4 heteroatoms. The highest BCUT2D eigenvalue weighted by molar-refractivity contribution is 5.78. The lowest BCUT2D eigenvalue weighted by Gasteiger charge is -2.32. The van der Waals surface area contributed by atoms with Gasteiger partial charge in [-0.15, -0.1) is 0 Å². The summed E-state index contributed by atoms with van der Waals surface area (Å²) in [6, 6.07) is 1.05. The summed E-state index contributed by atoms with van der Waals surface area (Å²) in [5, 5.41) is 3.30. The lowest BCUT2D eigenvalue weighted by atomic mass is 10.1. The third-order valence-corrected chi connectivity index (χ3v) is 4.64. The summed E-state index contributed by atoms with van der Waals surface area (Å²) in [6.07, 6.45) is 6.28. The smallest absolute Gasteiger partial charge is 0.236 e. The number of piperidine rings is 1. The van der Waals surface area contributed by atoms with Crippen LogP contribution in [0.15, 0.2) is 0 Å². The molecule has 1 amide bonds. The van der Waals surface area contributed by atoms with Crippen molar-refractivity contribution in [2.75, 3.05) is 32.7 Å². The predicted molar refractivity (Wildman–Crippen MR) is 78.2 cm³/mol. The van der Waals surface area contributed by atoms with Gasteiger partial charge in [-0.1, -0.05) is 13.3 Å². The van der Waals surface area contributed by atoms with Crippen LogP contribution in [0.5, 0.6) is 0 Å². The van der Waals surface area contributed by atoms with Crippen molar-refractivity contribution in [1.29, 1.82) is 0 Å². The van der Waals surface area contributed by atoms with Crippen LogP contribution in [-0.4, -0.2) is 60.5 Å². The first-order valence-electron chi connectivity index (χ1n) is 7.96. The predicted octanol–water partition coefficient (Wildman–Crippen LogP) is 1.46. The highest BCUT2D eigenvalue weighted by atomic mass is 16.2. The maximum atomic E-state index is 12.1. The van der Waals surface area contributed by atoms with Crippen molar-refractivity contribution in [3.63, 3.8) is 0 Å². The summed E-state index contributed by atoms with van der Waals surface area (Å²) in [7, 11) is 0. The Balaban J connectivity index is 1.72. The number of nitrogens with zero attached hydrogens (tertiary/aromatic N) is 2. The molecule has 0 aromatic carbocycles. The molecular formula is C15H29N3O. The molecule has 0 aromatic heterocycles. The van der Waals surface area contributed by atoms with Gasteiger partial charge in [-0.2, -0.15) is 0 Å². The van der Waals surface area contributed by atoms with Gasteiger partial charge in [0, 0.05) is 25.2 Å². The molecule has 2 atom stereocenters. The van der Waals surface area contributed by atoms with Gasteiger partial charge < -0.3 is 10.2 Å². The molecule has 2 fully saturated rings. The molecule has 110 valence electrons. The van der Waals surface area contributed by atoms with Crippen LogP contribution in [0.25, 0.3) is 0 Å². The first kappa shape index (κ1) is 14.8. The number of hydrogen-bond acceptors (Lipinski definition) is 3. The number of likely N-dealkylation sites (tertiary alicyclic amines) is 2. The van der Waals surface area contributed by atoms with Crippen LogP contribution < -0.4 is 5.32 Å². The molecule has 2 saturated heterocycles. The highest BCUT2D eigenvalue weighted by Gasteiger charge is 2.30. The molecule has 0 radical (unpaired) electrons.